The molecule has 0 spiro atoms. The lowest BCUT2D eigenvalue weighted by atomic mass is 9.92. The number of hydrogen-bond donors (Lipinski definition) is 1. The van der Waals surface area contributed by atoms with Crippen molar-refractivity contribution in [1.29, 1.82) is 0 Å². The van der Waals surface area contributed by atoms with Gasteiger partial charge in [0.15, 0.2) is 0 Å². The molecular weight excluding hydrogens is 372 g/mol. The Morgan fingerprint density at radius 2 is 1.93 bits per heavy atom. The summed E-state index contributed by atoms with van der Waals surface area (Å²) in [7, 11) is -3.52. The van der Waals surface area contributed by atoms with Gasteiger partial charge in [0.05, 0.1) is 17.1 Å². The van der Waals surface area contributed by atoms with Crippen molar-refractivity contribution in [3.63, 3.8) is 0 Å². The van der Waals surface area contributed by atoms with Crippen LogP contribution in [0.4, 0.5) is 0 Å². The molecule has 0 unspecified atom stereocenters. The lowest BCUT2D eigenvalue weighted by Crippen LogP contribution is -2.28. The summed E-state index contributed by atoms with van der Waals surface area (Å²) in [5.74, 6) is 0. The molecule has 1 aliphatic rings. The highest BCUT2D eigenvalue weighted by molar-refractivity contribution is 7.89. The molecule has 0 bridgehead atoms. The van der Waals surface area contributed by atoms with Crippen molar-refractivity contribution in [1.82, 2.24) is 19.5 Å². The molecular formula is C21H24N4O2S. The summed E-state index contributed by atoms with van der Waals surface area (Å²) in [6.45, 7) is 2.72. The average molecular weight is 397 g/mol. The van der Waals surface area contributed by atoms with Crippen LogP contribution in [0.3, 0.4) is 0 Å². The number of benzene rings is 1. The summed E-state index contributed by atoms with van der Waals surface area (Å²) in [5.41, 5.74) is 5.20. The number of rotatable bonds is 6. The van der Waals surface area contributed by atoms with Gasteiger partial charge in [-0.05, 0) is 74.1 Å². The topological polar surface area (TPSA) is 76.9 Å². The fourth-order valence-corrected chi connectivity index (χ4v) is 4.71. The largest absolute Gasteiger partial charge is 0.268 e. The molecule has 1 N–H and O–H groups in total. The maximum atomic E-state index is 12.7. The van der Waals surface area contributed by atoms with E-state index in [-0.39, 0.29) is 6.54 Å². The van der Waals surface area contributed by atoms with Crippen molar-refractivity contribution in [3.05, 3.63) is 65.6 Å². The Hall–Kier alpha value is -2.51. The Morgan fingerprint density at radius 1 is 1.11 bits per heavy atom. The van der Waals surface area contributed by atoms with Gasteiger partial charge in [0, 0.05) is 30.2 Å². The highest BCUT2D eigenvalue weighted by Crippen LogP contribution is 2.24. The van der Waals surface area contributed by atoms with Gasteiger partial charge in [-0.1, -0.05) is 6.07 Å². The minimum Gasteiger partial charge on any atom is -0.268 e. The molecule has 146 valence electrons. The van der Waals surface area contributed by atoms with E-state index in [2.05, 4.69) is 14.8 Å². The van der Waals surface area contributed by atoms with E-state index in [1.54, 1.807) is 18.5 Å². The molecule has 0 fully saturated rings. The number of nitrogens with zero attached hydrogens (tertiary/aromatic N) is 3. The van der Waals surface area contributed by atoms with Crippen molar-refractivity contribution >= 4 is 10.0 Å². The van der Waals surface area contributed by atoms with Crippen LogP contribution in [0, 0.1) is 6.92 Å². The Labute approximate surface area is 165 Å². The van der Waals surface area contributed by atoms with Gasteiger partial charge in [0.1, 0.15) is 0 Å². The van der Waals surface area contributed by atoms with Crippen molar-refractivity contribution < 1.29 is 8.42 Å². The van der Waals surface area contributed by atoms with Crippen LogP contribution in [0.15, 0.2) is 53.7 Å². The molecule has 4 rings (SSSR count). The fraction of sp³-hybridized carbons (Fsp3) is 0.333. The first kappa shape index (κ1) is 18.8. The second-order valence-electron chi connectivity index (χ2n) is 7.17. The van der Waals surface area contributed by atoms with Crippen molar-refractivity contribution in [3.8, 4) is 11.3 Å². The molecule has 7 heteroatoms. The summed E-state index contributed by atoms with van der Waals surface area (Å²) >= 11 is 0. The second kappa shape index (κ2) is 7.85. The quantitative estimate of drug-likeness (QED) is 0.695. The molecule has 28 heavy (non-hydrogen) atoms. The van der Waals surface area contributed by atoms with Crippen LogP contribution in [0.1, 0.15) is 29.7 Å². The maximum Gasteiger partial charge on any atom is 0.240 e. The summed E-state index contributed by atoms with van der Waals surface area (Å²) < 4.78 is 29.9. The predicted molar refractivity (Wildman–Crippen MR) is 108 cm³/mol. The van der Waals surface area contributed by atoms with Crippen LogP contribution in [0.5, 0.6) is 0 Å². The fourth-order valence-electron chi connectivity index (χ4n) is 3.64. The molecule has 0 saturated carbocycles. The molecule has 3 aromatic rings. The zero-order chi connectivity index (χ0) is 19.6. The molecule has 1 aliphatic carbocycles. The van der Waals surface area contributed by atoms with Crippen LogP contribution in [0.2, 0.25) is 0 Å². The second-order valence-corrected chi connectivity index (χ2v) is 8.94. The number of pyridine rings is 1. The Balaban J connectivity index is 1.43. The first-order valence-electron chi connectivity index (χ1n) is 9.59. The van der Waals surface area contributed by atoms with Gasteiger partial charge in [-0.25, -0.2) is 13.1 Å². The van der Waals surface area contributed by atoms with E-state index in [0.717, 1.165) is 41.8 Å². The van der Waals surface area contributed by atoms with Gasteiger partial charge >= 0.3 is 0 Å². The van der Waals surface area contributed by atoms with Crippen LogP contribution in [-0.2, 0) is 29.4 Å². The van der Waals surface area contributed by atoms with Gasteiger partial charge in [0.2, 0.25) is 10.0 Å². The number of aryl methyl sites for hydroxylation is 3. The minimum absolute atomic E-state index is 0.286. The van der Waals surface area contributed by atoms with E-state index >= 15 is 0 Å². The average Bonchev–Trinajstić information content (AvgIpc) is 3.09. The first-order chi connectivity index (χ1) is 13.5. The summed E-state index contributed by atoms with van der Waals surface area (Å²) in [5, 5.41) is 4.57. The number of sulfonamides is 1. The van der Waals surface area contributed by atoms with Crippen LogP contribution >= 0.6 is 0 Å². The molecule has 0 aliphatic heterocycles. The SMILES string of the molecule is Cc1cc(-c2cccnc2)nn1CCNS(=O)(=O)c1ccc2c(c1)CCCC2. The maximum absolute atomic E-state index is 12.7. The van der Waals surface area contributed by atoms with Crippen molar-refractivity contribution in [2.45, 2.75) is 44.0 Å². The van der Waals surface area contributed by atoms with Crippen molar-refractivity contribution in [2.75, 3.05) is 6.54 Å². The van der Waals surface area contributed by atoms with Crippen LogP contribution in [0.25, 0.3) is 11.3 Å². The standard InChI is InChI=1S/C21H24N4O2S/c1-16-13-21(19-7-4-10-22-15-19)24-25(16)12-11-23-28(26,27)20-9-8-17-5-2-3-6-18(17)14-20/h4,7-10,13-15,23H,2-3,5-6,11-12H2,1H3. The molecule has 2 aromatic heterocycles. The Morgan fingerprint density at radius 3 is 2.71 bits per heavy atom. The highest BCUT2D eigenvalue weighted by atomic mass is 32.2. The smallest absolute Gasteiger partial charge is 0.240 e. The number of fused-ring (bicyclic) bond motifs is 1. The van der Waals surface area contributed by atoms with Gasteiger partial charge in [-0.3, -0.25) is 9.67 Å². The van der Waals surface area contributed by atoms with E-state index in [9.17, 15) is 8.42 Å². The molecule has 1 aromatic carbocycles. The Kier molecular flexibility index (Phi) is 5.28. The third-order valence-electron chi connectivity index (χ3n) is 5.18. The molecule has 0 atom stereocenters. The summed E-state index contributed by atoms with van der Waals surface area (Å²) in [6, 6.07) is 11.3. The third kappa shape index (κ3) is 4.00. The lowest BCUT2D eigenvalue weighted by molar-refractivity contribution is 0.556. The molecule has 0 radical (unpaired) electrons. The van der Waals surface area contributed by atoms with E-state index in [0.29, 0.717) is 11.4 Å². The van der Waals surface area contributed by atoms with E-state index < -0.39 is 10.0 Å². The van der Waals surface area contributed by atoms with Crippen LogP contribution < -0.4 is 4.72 Å². The van der Waals surface area contributed by atoms with Crippen LogP contribution in [-0.4, -0.2) is 29.7 Å². The monoisotopic (exact) mass is 396 g/mol. The van der Waals surface area contributed by atoms with Gasteiger partial charge in [-0.15, -0.1) is 0 Å². The predicted octanol–water partition coefficient (Wildman–Crippen LogP) is 3.11. The van der Waals surface area contributed by atoms with Gasteiger partial charge in [0.25, 0.3) is 0 Å². The van der Waals surface area contributed by atoms with E-state index in [1.807, 2.05) is 41.9 Å². The minimum atomic E-state index is -3.52. The number of hydrogen-bond acceptors (Lipinski definition) is 4. The van der Waals surface area contributed by atoms with Gasteiger partial charge in [-0.2, -0.15) is 5.10 Å². The normalized spacial score (nSPS) is 14.0. The number of nitrogens with one attached hydrogen (secondary N) is 1. The molecule has 6 nitrogen and oxygen atoms in total. The summed E-state index contributed by atoms with van der Waals surface area (Å²) in [6.07, 6.45) is 7.81. The lowest BCUT2D eigenvalue weighted by Gasteiger charge is -2.16. The number of aromatic nitrogens is 3. The van der Waals surface area contributed by atoms with Crippen molar-refractivity contribution in [2.24, 2.45) is 0 Å². The van der Waals surface area contributed by atoms with Gasteiger partial charge < -0.3 is 0 Å². The Bertz CT molecular complexity index is 1080. The molecule has 0 saturated heterocycles. The highest BCUT2D eigenvalue weighted by Gasteiger charge is 2.17. The van der Waals surface area contributed by atoms with E-state index in [1.165, 1.54) is 12.0 Å². The molecule has 0 amide bonds. The first-order valence-corrected chi connectivity index (χ1v) is 11.1. The molecule has 2 heterocycles. The zero-order valence-electron chi connectivity index (χ0n) is 15.9. The summed E-state index contributed by atoms with van der Waals surface area (Å²) in [4.78, 5) is 4.47. The third-order valence-corrected chi connectivity index (χ3v) is 6.64. The van der Waals surface area contributed by atoms with E-state index in [4.69, 9.17) is 0 Å². The zero-order valence-corrected chi connectivity index (χ0v) is 16.7.